The quantitative estimate of drug-likeness (QED) is 0.417. The molecule has 0 radical (unpaired) electrons. The molecule has 0 aliphatic heterocycles. The van der Waals surface area contributed by atoms with Gasteiger partial charge in [-0.3, -0.25) is 0 Å². The smallest absolute Gasteiger partial charge is 0.172 e. The van der Waals surface area contributed by atoms with E-state index < -0.39 is 6.30 Å². The standard InChI is InChI=1S/C4H10FNO/c1-2-3-4(5)6-7/h4,6-7H,2-3H2,1H3. The van der Waals surface area contributed by atoms with Gasteiger partial charge in [0.1, 0.15) is 0 Å². The third-order valence-electron chi connectivity index (χ3n) is 0.682. The van der Waals surface area contributed by atoms with Crippen LogP contribution in [0.15, 0.2) is 0 Å². The minimum Gasteiger partial charge on any atom is -0.314 e. The fraction of sp³-hybridized carbons (Fsp3) is 1.00. The topological polar surface area (TPSA) is 32.3 Å². The van der Waals surface area contributed by atoms with Crippen LogP contribution in [-0.4, -0.2) is 11.5 Å². The number of hydrogen-bond donors (Lipinski definition) is 2. The van der Waals surface area contributed by atoms with Crippen molar-refractivity contribution in [3.63, 3.8) is 0 Å². The number of rotatable bonds is 3. The minimum atomic E-state index is -1.25. The fourth-order valence-corrected chi connectivity index (χ4v) is 0.318. The summed E-state index contributed by atoms with van der Waals surface area (Å²) in [6, 6.07) is 0. The van der Waals surface area contributed by atoms with E-state index in [0.29, 0.717) is 6.42 Å². The van der Waals surface area contributed by atoms with Gasteiger partial charge in [-0.25, -0.2) is 4.39 Å². The Morgan fingerprint density at radius 1 is 1.86 bits per heavy atom. The van der Waals surface area contributed by atoms with E-state index in [1.165, 1.54) is 5.48 Å². The first-order chi connectivity index (χ1) is 3.31. The van der Waals surface area contributed by atoms with Gasteiger partial charge in [0, 0.05) is 0 Å². The summed E-state index contributed by atoms with van der Waals surface area (Å²) in [6.07, 6.45) is -0.129. The molecule has 0 saturated carbocycles. The monoisotopic (exact) mass is 107 g/mol. The van der Waals surface area contributed by atoms with Gasteiger partial charge in [-0.15, -0.1) is 0 Å². The second-order valence-corrected chi connectivity index (χ2v) is 1.39. The van der Waals surface area contributed by atoms with E-state index >= 15 is 0 Å². The van der Waals surface area contributed by atoms with Crippen LogP contribution in [0.5, 0.6) is 0 Å². The highest BCUT2D eigenvalue weighted by Crippen LogP contribution is 1.94. The normalized spacial score (nSPS) is 14.1. The molecule has 3 heteroatoms. The molecule has 1 unspecified atom stereocenters. The van der Waals surface area contributed by atoms with Crippen LogP contribution in [0, 0.1) is 0 Å². The van der Waals surface area contributed by atoms with Crippen molar-refractivity contribution in [2.45, 2.75) is 26.1 Å². The Morgan fingerprint density at radius 3 is 2.57 bits per heavy atom. The Bertz CT molecular complexity index is 42.7. The zero-order valence-electron chi connectivity index (χ0n) is 4.32. The summed E-state index contributed by atoms with van der Waals surface area (Å²) < 4.78 is 11.8. The Balaban J connectivity index is 2.83. The Labute approximate surface area is 42.3 Å². The maximum atomic E-state index is 11.8. The van der Waals surface area contributed by atoms with Crippen LogP contribution < -0.4 is 5.48 Å². The van der Waals surface area contributed by atoms with Gasteiger partial charge >= 0.3 is 0 Å². The zero-order chi connectivity index (χ0) is 5.70. The molecule has 0 aromatic heterocycles. The molecule has 0 heterocycles. The maximum absolute atomic E-state index is 11.8. The predicted molar refractivity (Wildman–Crippen MR) is 24.7 cm³/mol. The lowest BCUT2D eigenvalue weighted by Gasteiger charge is -1.99. The first kappa shape index (κ1) is 6.85. The van der Waals surface area contributed by atoms with Crippen molar-refractivity contribution >= 4 is 0 Å². The van der Waals surface area contributed by atoms with E-state index in [9.17, 15) is 4.39 Å². The number of hydroxylamine groups is 1. The molecule has 1 atom stereocenters. The number of nitrogens with one attached hydrogen (secondary N) is 1. The van der Waals surface area contributed by atoms with Crippen LogP contribution in [0.3, 0.4) is 0 Å². The molecule has 0 aromatic carbocycles. The molecule has 44 valence electrons. The molecular formula is C4H10FNO. The van der Waals surface area contributed by atoms with Gasteiger partial charge in [-0.05, 0) is 6.42 Å². The molecule has 2 N–H and O–H groups in total. The van der Waals surface area contributed by atoms with Crippen molar-refractivity contribution in [1.82, 2.24) is 5.48 Å². The molecular weight excluding hydrogens is 97.0 g/mol. The molecule has 0 aromatic rings. The van der Waals surface area contributed by atoms with E-state index in [2.05, 4.69) is 0 Å². The van der Waals surface area contributed by atoms with Crippen molar-refractivity contribution in [1.29, 1.82) is 0 Å². The minimum absolute atomic E-state index is 0.372. The summed E-state index contributed by atoms with van der Waals surface area (Å²) in [5, 5.41) is 7.84. The summed E-state index contributed by atoms with van der Waals surface area (Å²) >= 11 is 0. The van der Waals surface area contributed by atoms with Gasteiger partial charge in [0.25, 0.3) is 0 Å². The van der Waals surface area contributed by atoms with Gasteiger partial charge in [0.15, 0.2) is 6.30 Å². The Morgan fingerprint density at radius 2 is 2.43 bits per heavy atom. The summed E-state index contributed by atoms with van der Waals surface area (Å²) in [5.41, 5.74) is 1.50. The Kier molecular flexibility index (Phi) is 3.93. The van der Waals surface area contributed by atoms with Gasteiger partial charge < -0.3 is 5.21 Å². The molecule has 0 fully saturated rings. The molecule has 0 bridgehead atoms. The van der Waals surface area contributed by atoms with Crippen LogP contribution in [-0.2, 0) is 0 Å². The molecule has 7 heavy (non-hydrogen) atoms. The molecule has 2 nitrogen and oxygen atoms in total. The van der Waals surface area contributed by atoms with E-state index in [0.717, 1.165) is 6.42 Å². The second-order valence-electron chi connectivity index (χ2n) is 1.39. The summed E-state index contributed by atoms with van der Waals surface area (Å²) in [4.78, 5) is 0. The van der Waals surface area contributed by atoms with Gasteiger partial charge in [-0.1, -0.05) is 13.3 Å². The maximum Gasteiger partial charge on any atom is 0.172 e. The third-order valence-corrected chi connectivity index (χ3v) is 0.682. The highest BCUT2D eigenvalue weighted by atomic mass is 19.1. The summed E-state index contributed by atoms with van der Waals surface area (Å²) in [5.74, 6) is 0. The number of hydrogen-bond acceptors (Lipinski definition) is 2. The van der Waals surface area contributed by atoms with Crippen LogP contribution >= 0.6 is 0 Å². The van der Waals surface area contributed by atoms with Crippen molar-refractivity contribution in [2.24, 2.45) is 0 Å². The molecule has 0 saturated heterocycles. The number of halogens is 1. The summed E-state index contributed by atoms with van der Waals surface area (Å²) in [6.45, 7) is 1.85. The largest absolute Gasteiger partial charge is 0.314 e. The molecule has 0 rings (SSSR count). The van der Waals surface area contributed by atoms with E-state index in [1.54, 1.807) is 0 Å². The van der Waals surface area contributed by atoms with Gasteiger partial charge in [0.05, 0.1) is 0 Å². The van der Waals surface area contributed by atoms with Crippen LogP contribution in [0.2, 0.25) is 0 Å². The fourth-order valence-electron chi connectivity index (χ4n) is 0.318. The highest BCUT2D eigenvalue weighted by molar-refractivity contribution is 4.40. The van der Waals surface area contributed by atoms with Gasteiger partial charge in [-0.2, -0.15) is 5.48 Å². The molecule has 0 spiro atoms. The average Bonchev–Trinajstić information content (AvgIpc) is 1.68. The van der Waals surface area contributed by atoms with Crippen molar-refractivity contribution in [3.8, 4) is 0 Å². The first-order valence-corrected chi connectivity index (χ1v) is 2.35. The second kappa shape index (κ2) is 4.02. The van der Waals surface area contributed by atoms with Crippen LogP contribution in [0.1, 0.15) is 19.8 Å². The lowest BCUT2D eigenvalue weighted by atomic mass is 10.3. The highest BCUT2D eigenvalue weighted by Gasteiger charge is 1.97. The van der Waals surface area contributed by atoms with Crippen molar-refractivity contribution < 1.29 is 9.60 Å². The van der Waals surface area contributed by atoms with E-state index in [-0.39, 0.29) is 0 Å². The predicted octanol–water partition coefficient (Wildman–Crippen LogP) is 1.06. The lowest BCUT2D eigenvalue weighted by molar-refractivity contribution is 0.0542. The molecule has 0 aliphatic carbocycles. The summed E-state index contributed by atoms with van der Waals surface area (Å²) in [7, 11) is 0. The van der Waals surface area contributed by atoms with E-state index in [4.69, 9.17) is 5.21 Å². The molecule has 0 amide bonds. The van der Waals surface area contributed by atoms with Gasteiger partial charge in [0.2, 0.25) is 0 Å². The van der Waals surface area contributed by atoms with Crippen molar-refractivity contribution in [3.05, 3.63) is 0 Å². The first-order valence-electron chi connectivity index (χ1n) is 2.35. The zero-order valence-corrected chi connectivity index (χ0v) is 4.32. The number of alkyl halides is 1. The lowest BCUT2D eigenvalue weighted by Crippen LogP contribution is -2.19. The molecule has 0 aliphatic rings. The SMILES string of the molecule is CCCC(F)NO. The van der Waals surface area contributed by atoms with Crippen LogP contribution in [0.4, 0.5) is 4.39 Å². The third kappa shape index (κ3) is 3.69. The van der Waals surface area contributed by atoms with Crippen LogP contribution in [0.25, 0.3) is 0 Å². The van der Waals surface area contributed by atoms with E-state index in [1.807, 2.05) is 6.92 Å². The van der Waals surface area contributed by atoms with Crippen molar-refractivity contribution in [2.75, 3.05) is 0 Å². The average molecular weight is 107 g/mol. The Hall–Kier alpha value is -0.150.